The summed E-state index contributed by atoms with van der Waals surface area (Å²) in [5.74, 6) is -0.0466. The van der Waals surface area contributed by atoms with Gasteiger partial charge in [-0.25, -0.2) is 9.67 Å². The molecule has 0 aliphatic rings. The second-order valence-corrected chi connectivity index (χ2v) is 5.63. The van der Waals surface area contributed by atoms with E-state index in [4.69, 9.17) is 16.4 Å². The van der Waals surface area contributed by atoms with Crippen molar-refractivity contribution < 1.29 is 18.0 Å². The molecule has 2 aromatic heterocycles. The third-order valence-electron chi connectivity index (χ3n) is 3.30. The molecule has 0 saturated carbocycles. The standard InChI is InChI=1S/C17H12ClF3N4O/c18-15-6-14(17(19,20)21)7-16(24-15)25-10-13(8-22-25)9-23-26-11-12-4-2-1-3-5-12/h1-10H,11H2. The number of pyridine rings is 1. The molecule has 1 aromatic carbocycles. The topological polar surface area (TPSA) is 52.3 Å². The van der Waals surface area contributed by atoms with Gasteiger partial charge in [0.05, 0.1) is 18.0 Å². The van der Waals surface area contributed by atoms with E-state index in [-0.39, 0.29) is 11.0 Å². The van der Waals surface area contributed by atoms with Crippen LogP contribution >= 0.6 is 11.6 Å². The van der Waals surface area contributed by atoms with Gasteiger partial charge in [0.15, 0.2) is 5.82 Å². The van der Waals surface area contributed by atoms with Gasteiger partial charge in [-0.3, -0.25) is 0 Å². The first kappa shape index (κ1) is 17.9. The Bertz CT molecular complexity index is 910. The number of hydrogen-bond donors (Lipinski definition) is 0. The van der Waals surface area contributed by atoms with Crippen molar-refractivity contribution >= 4 is 17.8 Å². The summed E-state index contributed by atoms with van der Waals surface area (Å²) < 4.78 is 39.8. The number of hydrogen-bond acceptors (Lipinski definition) is 4. The van der Waals surface area contributed by atoms with Crippen molar-refractivity contribution in [3.05, 3.63) is 76.7 Å². The summed E-state index contributed by atoms with van der Waals surface area (Å²) in [4.78, 5) is 9.03. The van der Waals surface area contributed by atoms with Gasteiger partial charge in [0.25, 0.3) is 0 Å². The zero-order valence-corrected chi connectivity index (χ0v) is 13.9. The van der Waals surface area contributed by atoms with Crippen molar-refractivity contribution in [2.24, 2.45) is 5.16 Å². The summed E-state index contributed by atoms with van der Waals surface area (Å²) in [6, 6.07) is 11.1. The smallest absolute Gasteiger partial charge is 0.391 e. The molecule has 3 aromatic rings. The molecule has 0 unspecified atom stereocenters. The van der Waals surface area contributed by atoms with Gasteiger partial charge in [0, 0.05) is 11.8 Å². The fraction of sp³-hybridized carbons (Fsp3) is 0.118. The Morgan fingerprint density at radius 2 is 1.96 bits per heavy atom. The molecule has 0 N–H and O–H groups in total. The number of benzene rings is 1. The molecule has 0 aliphatic heterocycles. The van der Waals surface area contributed by atoms with E-state index in [2.05, 4.69) is 15.2 Å². The Hall–Kier alpha value is -2.87. The minimum absolute atomic E-state index is 0.0466. The highest BCUT2D eigenvalue weighted by Gasteiger charge is 2.31. The van der Waals surface area contributed by atoms with Gasteiger partial charge in [0.2, 0.25) is 0 Å². The van der Waals surface area contributed by atoms with E-state index in [0.717, 1.165) is 17.7 Å². The lowest BCUT2D eigenvalue weighted by atomic mass is 10.2. The van der Waals surface area contributed by atoms with E-state index >= 15 is 0 Å². The lowest BCUT2D eigenvalue weighted by molar-refractivity contribution is -0.137. The maximum absolute atomic E-state index is 12.9. The first-order chi connectivity index (χ1) is 12.4. The van der Waals surface area contributed by atoms with Crippen LogP contribution in [0.4, 0.5) is 13.2 Å². The van der Waals surface area contributed by atoms with Crippen LogP contribution in [-0.2, 0) is 17.6 Å². The van der Waals surface area contributed by atoms with Crippen LogP contribution in [0.5, 0.6) is 0 Å². The maximum Gasteiger partial charge on any atom is 0.416 e. The number of aromatic nitrogens is 3. The summed E-state index contributed by atoms with van der Waals surface area (Å²) in [5, 5.41) is 7.51. The molecule has 0 amide bonds. The SMILES string of the molecule is FC(F)(F)c1cc(Cl)nc(-n2cc(C=NOCc3ccccc3)cn2)c1. The summed E-state index contributed by atoms with van der Waals surface area (Å²) >= 11 is 5.67. The Labute approximate surface area is 151 Å². The molecule has 3 rings (SSSR count). The molecule has 0 spiro atoms. The van der Waals surface area contributed by atoms with Gasteiger partial charge in [-0.05, 0) is 17.7 Å². The highest BCUT2D eigenvalue weighted by Crippen LogP contribution is 2.31. The highest BCUT2D eigenvalue weighted by molar-refractivity contribution is 6.29. The summed E-state index contributed by atoms with van der Waals surface area (Å²) in [5.41, 5.74) is 0.598. The summed E-state index contributed by atoms with van der Waals surface area (Å²) in [6.45, 7) is 0.302. The van der Waals surface area contributed by atoms with E-state index in [1.165, 1.54) is 23.3 Å². The Morgan fingerprint density at radius 1 is 1.19 bits per heavy atom. The van der Waals surface area contributed by atoms with Crippen LogP contribution < -0.4 is 0 Å². The second-order valence-electron chi connectivity index (χ2n) is 5.25. The molecule has 0 fully saturated rings. The van der Waals surface area contributed by atoms with Crippen LogP contribution in [0.2, 0.25) is 5.15 Å². The molecule has 26 heavy (non-hydrogen) atoms. The molecule has 134 valence electrons. The normalized spacial score (nSPS) is 11.8. The highest BCUT2D eigenvalue weighted by atomic mass is 35.5. The van der Waals surface area contributed by atoms with Gasteiger partial charge in [-0.15, -0.1) is 0 Å². The molecule has 5 nitrogen and oxygen atoms in total. The zero-order chi connectivity index (χ0) is 18.6. The molecule has 0 bridgehead atoms. The Balaban J connectivity index is 1.70. The molecule has 0 atom stereocenters. The first-order valence-electron chi connectivity index (χ1n) is 7.41. The van der Waals surface area contributed by atoms with Crippen LogP contribution in [0.25, 0.3) is 5.82 Å². The van der Waals surface area contributed by atoms with Crippen LogP contribution in [-0.4, -0.2) is 21.0 Å². The summed E-state index contributed by atoms with van der Waals surface area (Å²) in [7, 11) is 0. The van der Waals surface area contributed by atoms with Gasteiger partial charge in [-0.1, -0.05) is 47.1 Å². The fourth-order valence-electron chi connectivity index (χ4n) is 2.08. The minimum Gasteiger partial charge on any atom is -0.391 e. The van der Waals surface area contributed by atoms with Crippen molar-refractivity contribution in [2.75, 3.05) is 0 Å². The lowest BCUT2D eigenvalue weighted by Gasteiger charge is -2.08. The maximum atomic E-state index is 12.9. The predicted molar refractivity (Wildman–Crippen MR) is 90.2 cm³/mol. The molecule has 0 saturated heterocycles. The Kier molecular flexibility index (Phi) is 5.22. The number of oxime groups is 1. The van der Waals surface area contributed by atoms with Gasteiger partial charge in [-0.2, -0.15) is 18.3 Å². The second kappa shape index (κ2) is 7.57. The van der Waals surface area contributed by atoms with Crippen molar-refractivity contribution in [1.82, 2.24) is 14.8 Å². The summed E-state index contributed by atoms with van der Waals surface area (Å²) in [6.07, 6.45) is -0.231. The van der Waals surface area contributed by atoms with Gasteiger partial charge < -0.3 is 4.84 Å². The molecular formula is C17H12ClF3N4O. The van der Waals surface area contributed by atoms with Crippen LogP contribution in [0.1, 0.15) is 16.7 Å². The van der Waals surface area contributed by atoms with Gasteiger partial charge in [0.1, 0.15) is 11.8 Å². The first-order valence-corrected chi connectivity index (χ1v) is 7.79. The minimum atomic E-state index is -4.52. The number of alkyl halides is 3. The predicted octanol–water partition coefficient (Wildman–Crippen LogP) is 4.49. The van der Waals surface area contributed by atoms with E-state index < -0.39 is 11.7 Å². The van der Waals surface area contributed by atoms with Crippen molar-refractivity contribution in [1.29, 1.82) is 0 Å². The number of halogens is 4. The third-order valence-corrected chi connectivity index (χ3v) is 3.49. The quantitative estimate of drug-likeness (QED) is 0.372. The third kappa shape index (κ3) is 4.60. The van der Waals surface area contributed by atoms with Crippen molar-refractivity contribution in [2.45, 2.75) is 12.8 Å². The van der Waals surface area contributed by atoms with Crippen molar-refractivity contribution in [3.63, 3.8) is 0 Å². The molecule has 0 aliphatic carbocycles. The van der Waals surface area contributed by atoms with Crippen molar-refractivity contribution in [3.8, 4) is 5.82 Å². The number of nitrogens with zero attached hydrogens (tertiary/aromatic N) is 4. The Morgan fingerprint density at radius 3 is 2.69 bits per heavy atom. The largest absolute Gasteiger partial charge is 0.416 e. The number of rotatable bonds is 5. The van der Waals surface area contributed by atoms with Crippen LogP contribution in [0.3, 0.4) is 0 Å². The van der Waals surface area contributed by atoms with Gasteiger partial charge >= 0.3 is 6.18 Å². The van der Waals surface area contributed by atoms with E-state index in [0.29, 0.717) is 12.2 Å². The van der Waals surface area contributed by atoms with E-state index in [1.807, 2.05) is 30.3 Å². The molecule has 9 heteroatoms. The molecular weight excluding hydrogens is 369 g/mol. The van der Waals surface area contributed by atoms with Crippen LogP contribution in [0.15, 0.2) is 60.0 Å². The average Bonchev–Trinajstić information content (AvgIpc) is 3.07. The average molecular weight is 381 g/mol. The van der Waals surface area contributed by atoms with E-state index in [1.54, 1.807) is 0 Å². The fourth-order valence-corrected chi connectivity index (χ4v) is 2.28. The zero-order valence-electron chi connectivity index (χ0n) is 13.2. The van der Waals surface area contributed by atoms with Crippen LogP contribution in [0, 0.1) is 0 Å². The molecule has 0 radical (unpaired) electrons. The monoisotopic (exact) mass is 380 g/mol. The molecule has 2 heterocycles. The lowest BCUT2D eigenvalue weighted by Crippen LogP contribution is -2.08. The van der Waals surface area contributed by atoms with E-state index in [9.17, 15) is 13.2 Å².